The summed E-state index contributed by atoms with van der Waals surface area (Å²) in [6.45, 7) is 2.83. The van der Waals surface area contributed by atoms with Crippen LogP contribution in [0.25, 0.3) is 0 Å². The third kappa shape index (κ3) is 7.08. The Morgan fingerprint density at radius 3 is 2.34 bits per heavy atom. The van der Waals surface area contributed by atoms with Gasteiger partial charge in [0.15, 0.2) is 18.1 Å². The highest BCUT2D eigenvalue weighted by atomic mass is 16.6. The number of nitrogens with one attached hydrogen (secondary N) is 2. The van der Waals surface area contributed by atoms with Gasteiger partial charge in [0.2, 0.25) is 0 Å². The molecule has 32 heavy (non-hydrogen) atoms. The number of esters is 1. The number of hydrogen-bond donors (Lipinski definition) is 2. The standard InChI is InChI=1S/C22H24N2O8/c1-2-28-16-4-6-17(7-5-16)29-10-9-21(26)32-14-20(25)24-22(27)23-15-3-8-18-19(13-15)31-12-11-30-18/h3-8,13H,2,9-12,14H2,1H3,(H2,23,24,25,27). The SMILES string of the molecule is CCOc1ccc(OCCC(=O)OCC(=O)NC(=O)Nc2ccc3c(c2)OCCO3)cc1. The molecular formula is C22H24N2O8. The van der Waals surface area contributed by atoms with Crippen LogP contribution in [-0.4, -0.2) is 50.9 Å². The summed E-state index contributed by atoms with van der Waals surface area (Å²) in [5.74, 6) is 0.996. The largest absolute Gasteiger partial charge is 0.494 e. The Morgan fingerprint density at radius 1 is 0.938 bits per heavy atom. The van der Waals surface area contributed by atoms with Crippen LogP contribution in [0.4, 0.5) is 10.5 Å². The first kappa shape index (κ1) is 22.7. The second-order valence-electron chi connectivity index (χ2n) is 6.52. The molecule has 0 spiro atoms. The molecule has 0 saturated heterocycles. The van der Waals surface area contributed by atoms with Crippen LogP contribution in [0.1, 0.15) is 13.3 Å². The molecule has 0 atom stereocenters. The van der Waals surface area contributed by atoms with Crippen LogP contribution >= 0.6 is 0 Å². The average molecular weight is 444 g/mol. The van der Waals surface area contributed by atoms with E-state index in [9.17, 15) is 14.4 Å². The summed E-state index contributed by atoms with van der Waals surface area (Å²) >= 11 is 0. The molecule has 2 N–H and O–H groups in total. The predicted octanol–water partition coefficient (Wildman–Crippen LogP) is 2.52. The van der Waals surface area contributed by atoms with E-state index >= 15 is 0 Å². The fourth-order valence-electron chi connectivity index (χ4n) is 2.72. The highest BCUT2D eigenvalue weighted by molar-refractivity contribution is 6.02. The van der Waals surface area contributed by atoms with Gasteiger partial charge in [0.1, 0.15) is 24.7 Å². The highest BCUT2D eigenvalue weighted by Crippen LogP contribution is 2.32. The summed E-state index contributed by atoms with van der Waals surface area (Å²) in [5.41, 5.74) is 0.419. The van der Waals surface area contributed by atoms with Gasteiger partial charge in [-0.3, -0.25) is 14.9 Å². The molecule has 3 amide bonds. The monoisotopic (exact) mass is 444 g/mol. The first-order valence-electron chi connectivity index (χ1n) is 10.0. The van der Waals surface area contributed by atoms with Gasteiger partial charge in [0.25, 0.3) is 5.91 Å². The molecule has 0 fully saturated rings. The lowest BCUT2D eigenvalue weighted by Crippen LogP contribution is -2.37. The zero-order chi connectivity index (χ0) is 22.8. The maximum absolute atomic E-state index is 11.9. The molecule has 170 valence electrons. The number of fused-ring (bicyclic) bond motifs is 1. The van der Waals surface area contributed by atoms with Crippen molar-refractivity contribution in [1.82, 2.24) is 5.32 Å². The summed E-state index contributed by atoms with van der Waals surface area (Å²) in [6, 6.07) is 11.1. The molecule has 0 aliphatic carbocycles. The van der Waals surface area contributed by atoms with E-state index in [1.54, 1.807) is 42.5 Å². The molecule has 10 heteroatoms. The van der Waals surface area contributed by atoms with Crippen LogP contribution < -0.4 is 29.6 Å². The van der Waals surface area contributed by atoms with Crippen molar-refractivity contribution in [3.63, 3.8) is 0 Å². The second-order valence-corrected chi connectivity index (χ2v) is 6.52. The Balaban J connectivity index is 1.32. The molecule has 1 aliphatic heterocycles. The van der Waals surface area contributed by atoms with Gasteiger partial charge in [-0.15, -0.1) is 0 Å². The summed E-state index contributed by atoms with van der Waals surface area (Å²) in [5, 5.41) is 4.58. The van der Waals surface area contributed by atoms with Crippen molar-refractivity contribution < 1.29 is 38.1 Å². The van der Waals surface area contributed by atoms with Gasteiger partial charge in [0, 0.05) is 11.8 Å². The van der Waals surface area contributed by atoms with Gasteiger partial charge in [-0.05, 0) is 43.3 Å². The first-order valence-corrected chi connectivity index (χ1v) is 10.0. The van der Waals surface area contributed by atoms with Gasteiger partial charge < -0.3 is 29.0 Å². The van der Waals surface area contributed by atoms with Crippen molar-refractivity contribution in [3.8, 4) is 23.0 Å². The zero-order valence-corrected chi connectivity index (χ0v) is 17.6. The number of ether oxygens (including phenoxy) is 5. The van der Waals surface area contributed by atoms with Crippen LogP contribution in [0.2, 0.25) is 0 Å². The number of rotatable bonds is 9. The fraction of sp³-hybridized carbons (Fsp3) is 0.318. The lowest BCUT2D eigenvalue weighted by atomic mass is 10.2. The van der Waals surface area contributed by atoms with E-state index < -0.39 is 24.5 Å². The van der Waals surface area contributed by atoms with Crippen molar-refractivity contribution in [2.24, 2.45) is 0 Å². The van der Waals surface area contributed by atoms with E-state index in [2.05, 4.69) is 10.6 Å². The van der Waals surface area contributed by atoms with Gasteiger partial charge in [0.05, 0.1) is 19.6 Å². The molecule has 0 saturated carbocycles. The van der Waals surface area contributed by atoms with E-state index in [0.29, 0.717) is 42.8 Å². The number of hydrogen-bond acceptors (Lipinski definition) is 8. The number of amides is 3. The summed E-state index contributed by atoms with van der Waals surface area (Å²) in [6.07, 6.45) is -0.0517. The minimum Gasteiger partial charge on any atom is -0.494 e. The average Bonchev–Trinajstić information content (AvgIpc) is 2.79. The molecule has 0 unspecified atom stereocenters. The summed E-state index contributed by atoms with van der Waals surface area (Å²) in [7, 11) is 0. The predicted molar refractivity (Wildman–Crippen MR) is 113 cm³/mol. The second kappa shape index (κ2) is 11.4. The fourth-order valence-corrected chi connectivity index (χ4v) is 2.72. The number of anilines is 1. The normalized spacial score (nSPS) is 11.8. The molecular weight excluding hydrogens is 420 g/mol. The zero-order valence-electron chi connectivity index (χ0n) is 17.6. The summed E-state index contributed by atoms with van der Waals surface area (Å²) in [4.78, 5) is 35.5. The van der Waals surface area contributed by atoms with Crippen molar-refractivity contribution in [2.45, 2.75) is 13.3 Å². The number of urea groups is 1. The molecule has 3 rings (SSSR count). The van der Waals surface area contributed by atoms with Crippen molar-refractivity contribution in [2.75, 3.05) is 38.4 Å². The molecule has 2 aromatic carbocycles. The molecule has 1 heterocycles. The maximum atomic E-state index is 11.9. The van der Waals surface area contributed by atoms with Gasteiger partial charge in [-0.25, -0.2) is 4.79 Å². The quantitative estimate of drug-likeness (QED) is 0.566. The first-order chi connectivity index (χ1) is 15.5. The molecule has 2 aromatic rings. The highest BCUT2D eigenvalue weighted by Gasteiger charge is 2.15. The Hall–Kier alpha value is -3.95. The van der Waals surface area contributed by atoms with E-state index in [-0.39, 0.29) is 13.0 Å². The van der Waals surface area contributed by atoms with E-state index in [0.717, 1.165) is 5.75 Å². The Morgan fingerprint density at radius 2 is 1.62 bits per heavy atom. The van der Waals surface area contributed by atoms with Gasteiger partial charge in [-0.2, -0.15) is 0 Å². The minimum absolute atomic E-state index is 0.0517. The van der Waals surface area contributed by atoms with Crippen molar-refractivity contribution >= 4 is 23.6 Å². The molecule has 0 bridgehead atoms. The Labute approximate surface area is 184 Å². The van der Waals surface area contributed by atoms with E-state index in [4.69, 9.17) is 23.7 Å². The molecule has 0 radical (unpaired) electrons. The lowest BCUT2D eigenvalue weighted by Gasteiger charge is -2.19. The minimum atomic E-state index is -0.763. The third-order valence-corrected chi connectivity index (χ3v) is 4.13. The third-order valence-electron chi connectivity index (χ3n) is 4.13. The van der Waals surface area contributed by atoms with Crippen LogP contribution in [0, 0.1) is 0 Å². The molecule has 1 aliphatic rings. The van der Waals surface area contributed by atoms with E-state index in [1.165, 1.54) is 0 Å². The smallest absolute Gasteiger partial charge is 0.325 e. The van der Waals surface area contributed by atoms with Crippen LogP contribution in [0.5, 0.6) is 23.0 Å². The van der Waals surface area contributed by atoms with Gasteiger partial charge >= 0.3 is 12.0 Å². The van der Waals surface area contributed by atoms with E-state index in [1.807, 2.05) is 6.92 Å². The van der Waals surface area contributed by atoms with Crippen molar-refractivity contribution in [1.29, 1.82) is 0 Å². The number of carbonyl (C=O) groups excluding carboxylic acids is 3. The van der Waals surface area contributed by atoms with Gasteiger partial charge in [-0.1, -0.05) is 0 Å². The van der Waals surface area contributed by atoms with Crippen LogP contribution in [0.15, 0.2) is 42.5 Å². The topological polar surface area (TPSA) is 121 Å². The summed E-state index contributed by atoms with van der Waals surface area (Å²) < 4.78 is 26.5. The molecule has 10 nitrogen and oxygen atoms in total. The number of carbonyl (C=O) groups is 3. The Kier molecular flexibility index (Phi) is 8.13. The maximum Gasteiger partial charge on any atom is 0.325 e. The number of benzene rings is 2. The Bertz CT molecular complexity index is 945. The number of imide groups is 1. The van der Waals surface area contributed by atoms with Crippen LogP contribution in [0.3, 0.4) is 0 Å². The molecule has 0 aromatic heterocycles. The lowest BCUT2D eigenvalue weighted by molar-refractivity contribution is -0.148. The van der Waals surface area contributed by atoms with Crippen molar-refractivity contribution in [3.05, 3.63) is 42.5 Å². The van der Waals surface area contributed by atoms with Crippen LogP contribution in [-0.2, 0) is 14.3 Å².